The van der Waals surface area contributed by atoms with Crippen molar-refractivity contribution >= 4 is 34.8 Å². The number of aryl methyl sites for hydroxylation is 3. The Bertz CT molecular complexity index is 1240. The number of aromatic nitrogens is 3. The van der Waals surface area contributed by atoms with Crippen LogP contribution in [0.4, 0.5) is 0 Å². The zero-order valence-corrected chi connectivity index (χ0v) is 20.4. The zero-order chi connectivity index (χ0) is 23.3. The molecule has 1 saturated carbocycles. The lowest BCUT2D eigenvalue weighted by Gasteiger charge is -2.27. The summed E-state index contributed by atoms with van der Waals surface area (Å²) in [4.78, 5) is 33.9. The van der Waals surface area contributed by atoms with Gasteiger partial charge in [0.15, 0.2) is 0 Å². The Labute approximate surface area is 201 Å². The molecule has 3 heterocycles. The smallest absolute Gasteiger partial charge is 0.274 e. The molecule has 1 aliphatic carbocycles. The molecule has 9 heteroatoms. The fraction of sp³-hybridized carbons (Fsp3) is 0.417. The van der Waals surface area contributed by atoms with Crippen molar-refractivity contribution < 1.29 is 9.59 Å². The summed E-state index contributed by atoms with van der Waals surface area (Å²) in [6.07, 6.45) is 3.70. The molecular formula is C24H26ClN5O2S. The van der Waals surface area contributed by atoms with Gasteiger partial charge >= 0.3 is 0 Å². The molecule has 0 radical (unpaired) electrons. The maximum absolute atomic E-state index is 13.7. The summed E-state index contributed by atoms with van der Waals surface area (Å²) >= 11 is 7.70. The summed E-state index contributed by atoms with van der Waals surface area (Å²) in [7, 11) is 0. The predicted octanol–water partition coefficient (Wildman–Crippen LogP) is 4.33. The van der Waals surface area contributed by atoms with Gasteiger partial charge in [-0.05, 0) is 57.2 Å². The summed E-state index contributed by atoms with van der Waals surface area (Å²) in [5, 5.41) is 8.86. The highest BCUT2D eigenvalue weighted by molar-refractivity contribution is 7.15. The molecule has 2 aromatic heterocycles. The van der Waals surface area contributed by atoms with Crippen LogP contribution >= 0.6 is 22.9 Å². The Morgan fingerprint density at radius 2 is 2.09 bits per heavy atom. The van der Waals surface area contributed by atoms with Gasteiger partial charge in [0.25, 0.3) is 11.8 Å². The number of nitrogens with one attached hydrogen (secondary N) is 1. The number of carbonyl (C=O) groups is 2. The Kier molecular flexibility index (Phi) is 5.74. The minimum Gasteiger partial charge on any atom is -0.350 e. The van der Waals surface area contributed by atoms with Crippen LogP contribution in [0.5, 0.6) is 0 Å². The van der Waals surface area contributed by atoms with E-state index in [0.717, 1.165) is 28.3 Å². The van der Waals surface area contributed by atoms with Crippen LogP contribution in [-0.2, 0) is 6.54 Å². The number of amides is 2. The third kappa shape index (κ3) is 4.17. The normalized spacial score (nSPS) is 21.2. The van der Waals surface area contributed by atoms with Gasteiger partial charge in [0.1, 0.15) is 5.69 Å². The van der Waals surface area contributed by atoms with Crippen molar-refractivity contribution in [2.24, 2.45) is 5.92 Å². The summed E-state index contributed by atoms with van der Waals surface area (Å²) in [5.41, 5.74) is 2.66. The van der Waals surface area contributed by atoms with E-state index in [1.165, 1.54) is 11.3 Å². The molecule has 7 nitrogen and oxygen atoms in total. The molecule has 33 heavy (non-hydrogen) atoms. The minimum absolute atomic E-state index is 0.0408. The largest absolute Gasteiger partial charge is 0.350 e. The maximum Gasteiger partial charge on any atom is 0.274 e. The molecule has 1 saturated heterocycles. The molecule has 5 rings (SSSR count). The van der Waals surface area contributed by atoms with E-state index in [4.69, 9.17) is 11.6 Å². The fourth-order valence-electron chi connectivity index (χ4n) is 4.79. The van der Waals surface area contributed by atoms with Crippen molar-refractivity contribution in [2.75, 3.05) is 6.54 Å². The number of hydrogen-bond acceptors (Lipinski definition) is 5. The molecule has 1 aliphatic heterocycles. The minimum atomic E-state index is -0.149. The SMILES string of the molecule is CCn1cc(C(=O)NC[C@@H]2C[C@@H]3C[C@@H]3N2C(=O)c2nc(C)sc2-c2cccc(Cl)c2)c(C)n1. The number of carbonyl (C=O) groups excluding carboxylic acids is 2. The van der Waals surface area contributed by atoms with Crippen LogP contribution in [-0.4, -0.2) is 50.1 Å². The van der Waals surface area contributed by atoms with Crippen molar-refractivity contribution in [2.45, 2.75) is 52.2 Å². The van der Waals surface area contributed by atoms with Crippen molar-refractivity contribution in [3.8, 4) is 10.4 Å². The first kappa shape index (κ1) is 22.1. The second-order valence-corrected chi connectivity index (χ2v) is 10.4. The number of halogens is 1. The molecule has 2 amide bonds. The molecule has 0 spiro atoms. The summed E-state index contributed by atoms with van der Waals surface area (Å²) < 4.78 is 1.76. The van der Waals surface area contributed by atoms with Crippen molar-refractivity contribution in [1.82, 2.24) is 25.0 Å². The molecule has 2 fully saturated rings. The van der Waals surface area contributed by atoms with Gasteiger partial charge in [-0.3, -0.25) is 14.3 Å². The highest BCUT2D eigenvalue weighted by atomic mass is 35.5. The van der Waals surface area contributed by atoms with Crippen LogP contribution in [0.1, 0.15) is 51.3 Å². The molecule has 0 unspecified atom stereocenters. The number of rotatable bonds is 6. The lowest BCUT2D eigenvalue weighted by Crippen LogP contribution is -2.45. The van der Waals surface area contributed by atoms with E-state index in [-0.39, 0.29) is 23.9 Å². The third-order valence-corrected chi connectivity index (χ3v) is 7.74. The van der Waals surface area contributed by atoms with Crippen LogP contribution in [0, 0.1) is 19.8 Å². The fourth-order valence-corrected chi connectivity index (χ4v) is 5.88. The van der Waals surface area contributed by atoms with Crippen LogP contribution in [0.3, 0.4) is 0 Å². The van der Waals surface area contributed by atoms with Gasteiger partial charge in [0.05, 0.1) is 27.2 Å². The van der Waals surface area contributed by atoms with Gasteiger partial charge < -0.3 is 10.2 Å². The molecule has 1 N–H and O–H groups in total. The third-order valence-electron chi connectivity index (χ3n) is 6.48. The molecule has 3 atom stereocenters. The number of likely N-dealkylation sites (tertiary alicyclic amines) is 1. The first-order chi connectivity index (χ1) is 15.9. The number of nitrogens with zero attached hydrogens (tertiary/aromatic N) is 4. The van der Waals surface area contributed by atoms with Crippen molar-refractivity contribution in [3.63, 3.8) is 0 Å². The quantitative estimate of drug-likeness (QED) is 0.566. The lowest BCUT2D eigenvalue weighted by atomic mass is 10.1. The maximum atomic E-state index is 13.7. The van der Waals surface area contributed by atoms with E-state index >= 15 is 0 Å². The van der Waals surface area contributed by atoms with E-state index in [1.807, 2.05) is 49.9 Å². The van der Waals surface area contributed by atoms with Crippen LogP contribution in [0.25, 0.3) is 10.4 Å². The number of hydrogen-bond donors (Lipinski definition) is 1. The number of thiazole rings is 1. The molecule has 172 valence electrons. The summed E-state index contributed by atoms with van der Waals surface area (Å²) in [5.74, 6) is 0.299. The molecular weight excluding hydrogens is 458 g/mol. The second-order valence-electron chi connectivity index (χ2n) is 8.78. The Morgan fingerprint density at radius 1 is 1.27 bits per heavy atom. The van der Waals surface area contributed by atoms with E-state index < -0.39 is 0 Å². The highest BCUT2D eigenvalue weighted by Gasteiger charge is 2.54. The van der Waals surface area contributed by atoms with Gasteiger partial charge in [0.2, 0.25) is 0 Å². The van der Waals surface area contributed by atoms with Gasteiger partial charge in [-0.1, -0.05) is 23.7 Å². The van der Waals surface area contributed by atoms with E-state index in [9.17, 15) is 9.59 Å². The monoisotopic (exact) mass is 483 g/mol. The van der Waals surface area contributed by atoms with Gasteiger partial charge in [-0.2, -0.15) is 5.10 Å². The van der Waals surface area contributed by atoms with Crippen LogP contribution in [0.2, 0.25) is 5.02 Å². The van der Waals surface area contributed by atoms with E-state index in [1.54, 1.807) is 10.9 Å². The van der Waals surface area contributed by atoms with E-state index in [0.29, 0.717) is 41.0 Å². The Balaban J connectivity index is 1.35. The van der Waals surface area contributed by atoms with Gasteiger partial charge in [0, 0.05) is 30.4 Å². The Morgan fingerprint density at radius 3 is 2.82 bits per heavy atom. The van der Waals surface area contributed by atoms with Crippen LogP contribution < -0.4 is 5.32 Å². The number of fused-ring (bicyclic) bond motifs is 1. The molecule has 2 aliphatic rings. The van der Waals surface area contributed by atoms with E-state index in [2.05, 4.69) is 15.4 Å². The highest BCUT2D eigenvalue weighted by Crippen LogP contribution is 2.48. The lowest BCUT2D eigenvalue weighted by molar-refractivity contribution is 0.0684. The first-order valence-corrected chi connectivity index (χ1v) is 12.4. The van der Waals surface area contributed by atoms with Gasteiger partial charge in [-0.25, -0.2) is 4.98 Å². The van der Waals surface area contributed by atoms with Crippen molar-refractivity contribution in [3.05, 3.63) is 57.4 Å². The first-order valence-electron chi connectivity index (χ1n) is 11.2. The van der Waals surface area contributed by atoms with Gasteiger partial charge in [-0.15, -0.1) is 11.3 Å². The summed E-state index contributed by atoms with van der Waals surface area (Å²) in [6.45, 7) is 6.87. The van der Waals surface area contributed by atoms with Crippen LogP contribution in [0.15, 0.2) is 30.5 Å². The Hall–Kier alpha value is -2.71. The average molecular weight is 484 g/mol. The van der Waals surface area contributed by atoms with Crippen molar-refractivity contribution in [1.29, 1.82) is 0 Å². The topological polar surface area (TPSA) is 80.1 Å². The molecule has 1 aromatic carbocycles. The number of piperidine rings is 1. The standard InChI is InChI=1S/C24H26ClN5O2S/c1-4-29-12-19(13(2)28-29)23(31)26-11-18-9-16-10-20(16)30(18)24(32)21-22(33-14(3)27-21)15-6-5-7-17(25)8-15/h5-8,12,16,18,20H,4,9-11H2,1-3H3,(H,26,31)/t16-,18+,20+/m1/s1. The zero-order valence-electron chi connectivity index (χ0n) is 18.8. The molecule has 0 bridgehead atoms. The average Bonchev–Trinajstić information content (AvgIpc) is 3.11. The second kappa shape index (κ2) is 8.57. The summed E-state index contributed by atoms with van der Waals surface area (Å²) in [6, 6.07) is 7.72. The number of benzene rings is 1. The predicted molar refractivity (Wildman–Crippen MR) is 129 cm³/mol. The molecule has 3 aromatic rings.